The van der Waals surface area contributed by atoms with Gasteiger partial charge in [-0.25, -0.2) is 4.42 Å². The largest absolute Gasteiger partial charge is 1.00 e. The van der Waals surface area contributed by atoms with Crippen LogP contribution in [0, 0.1) is 0 Å². The number of methoxy groups -OCH3 is 1. The summed E-state index contributed by atoms with van der Waals surface area (Å²) in [6, 6.07) is 32.5. The summed E-state index contributed by atoms with van der Waals surface area (Å²) in [6.07, 6.45) is 0. The molecule has 5 aromatic rings. The maximum absolute atomic E-state index is 9.94. The lowest BCUT2D eigenvalue weighted by molar-refractivity contribution is -0.00000942. The van der Waals surface area contributed by atoms with Crippen LogP contribution in [-0.4, -0.2) is 12.2 Å². The molecular weight excluding hydrogens is 476 g/mol. The van der Waals surface area contributed by atoms with E-state index in [0.717, 1.165) is 22.1 Å². The third-order valence-corrected chi connectivity index (χ3v) is 5.62. The second kappa shape index (κ2) is 11.5. The van der Waals surface area contributed by atoms with Gasteiger partial charge in [-0.15, -0.1) is 0 Å². The van der Waals surface area contributed by atoms with Crippen molar-refractivity contribution in [3.05, 3.63) is 114 Å². The lowest BCUT2D eigenvalue weighted by Gasteiger charge is -2.13. The van der Waals surface area contributed by atoms with Crippen LogP contribution < -0.4 is 26.6 Å². The van der Waals surface area contributed by atoms with E-state index in [-0.39, 0.29) is 18.2 Å². The molecule has 4 aromatic carbocycles. The Hall–Kier alpha value is -4.22. The second-order valence-corrected chi connectivity index (χ2v) is 8.07. The fraction of sp³-hybridized carbons (Fsp3) is 0.100. The van der Waals surface area contributed by atoms with Crippen LogP contribution in [-0.2, 0) is 13.2 Å². The molecule has 1 heterocycles. The smallest absolute Gasteiger partial charge is 0.405 e. The highest BCUT2D eigenvalue weighted by atomic mass is 35.5. The van der Waals surface area contributed by atoms with Gasteiger partial charge in [0.25, 0.3) is 0 Å². The Kier molecular flexibility index (Phi) is 7.93. The van der Waals surface area contributed by atoms with Gasteiger partial charge in [-0.05, 0) is 35.4 Å². The molecule has 0 fully saturated rings. The lowest BCUT2D eigenvalue weighted by Crippen LogP contribution is -3.00. The average Bonchev–Trinajstić information content (AvgIpc) is 2.91. The van der Waals surface area contributed by atoms with E-state index >= 15 is 0 Å². The minimum absolute atomic E-state index is 0. The van der Waals surface area contributed by atoms with Crippen LogP contribution >= 0.6 is 0 Å². The van der Waals surface area contributed by atoms with Crippen molar-refractivity contribution in [2.45, 2.75) is 13.2 Å². The summed E-state index contributed by atoms with van der Waals surface area (Å²) in [5, 5.41) is 10.8. The molecular formula is C30H25ClO5. The third kappa shape index (κ3) is 5.70. The molecule has 1 N–H and O–H groups in total. The molecule has 0 spiro atoms. The minimum Gasteiger partial charge on any atom is -1.00 e. The normalized spacial score (nSPS) is 10.5. The highest BCUT2D eigenvalue weighted by Crippen LogP contribution is 2.41. The fourth-order valence-corrected chi connectivity index (χ4v) is 3.81. The number of rotatable bonds is 8. The maximum Gasteiger partial charge on any atom is 0.405 e. The molecule has 0 bridgehead atoms. The van der Waals surface area contributed by atoms with Crippen LogP contribution in [0.5, 0.6) is 23.0 Å². The van der Waals surface area contributed by atoms with Crippen molar-refractivity contribution in [1.82, 2.24) is 0 Å². The second-order valence-electron chi connectivity index (χ2n) is 8.07. The Balaban J connectivity index is 0.00000304. The monoisotopic (exact) mass is 500 g/mol. The topological polar surface area (TPSA) is 59.2 Å². The molecule has 0 aliphatic carbocycles. The van der Waals surface area contributed by atoms with E-state index < -0.39 is 0 Å². The number of phenolic OH excluding ortho intramolecular Hbond substituents is 1. The molecule has 5 rings (SSSR count). The zero-order valence-electron chi connectivity index (χ0n) is 19.7. The molecule has 182 valence electrons. The number of fused-ring (bicyclic) bond motifs is 1. The number of hydrogen-bond acceptors (Lipinski definition) is 4. The highest BCUT2D eigenvalue weighted by Gasteiger charge is 2.27. The first-order valence-electron chi connectivity index (χ1n) is 11.3. The number of hydrogen-bond donors (Lipinski definition) is 1. The van der Waals surface area contributed by atoms with Crippen LogP contribution in [0.4, 0.5) is 0 Å². The zero-order valence-corrected chi connectivity index (χ0v) is 20.4. The Morgan fingerprint density at radius 3 is 2.03 bits per heavy atom. The molecule has 1 aromatic heterocycles. The van der Waals surface area contributed by atoms with E-state index in [1.807, 2.05) is 84.9 Å². The molecule has 0 aliphatic heterocycles. The van der Waals surface area contributed by atoms with Gasteiger partial charge >= 0.3 is 11.3 Å². The molecule has 0 radical (unpaired) electrons. The first kappa shape index (κ1) is 24.9. The third-order valence-electron chi connectivity index (χ3n) is 5.62. The quantitative estimate of drug-likeness (QED) is 0.323. The van der Waals surface area contributed by atoms with E-state index in [9.17, 15) is 5.11 Å². The molecule has 0 saturated heterocycles. The summed E-state index contributed by atoms with van der Waals surface area (Å²) in [7, 11) is 1.60. The van der Waals surface area contributed by atoms with Gasteiger partial charge in [0.15, 0.2) is 0 Å². The van der Waals surface area contributed by atoms with Crippen LogP contribution in [0.3, 0.4) is 0 Å². The fourth-order valence-electron chi connectivity index (χ4n) is 3.81. The molecule has 5 nitrogen and oxygen atoms in total. The molecule has 0 saturated carbocycles. The van der Waals surface area contributed by atoms with Gasteiger partial charge in [0, 0.05) is 12.1 Å². The van der Waals surface area contributed by atoms with Crippen molar-refractivity contribution in [2.75, 3.05) is 7.11 Å². The molecule has 0 amide bonds. The minimum atomic E-state index is 0. The standard InChI is InChI=1S/C30H24O5.ClH/c1-32-29-16-23-12-13-24(31)17-27(23)35-30(29)26-15-14-25(33-19-21-8-4-2-5-9-21)18-28(26)34-20-22-10-6-3-7-11-22;/h2-18H,19-20H2,1H3;1H. The number of phenols is 1. The van der Waals surface area contributed by atoms with E-state index in [0.29, 0.717) is 41.8 Å². The molecule has 6 heteroatoms. The van der Waals surface area contributed by atoms with Crippen molar-refractivity contribution in [3.8, 4) is 34.3 Å². The van der Waals surface area contributed by atoms with Crippen molar-refractivity contribution in [2.24, 2.45) is 0 Å². The van der Waals surface area contributed by atoms with Crippen molar-refractivity contribution in [3.63, 3.8) is 0 Å². The van der Waals surface area contributed by atoms with E-state index in [1.54, 1.807) is 25.3 Å². The van der Waals surface area contributed by atoms with Gasteiger partial charge in [0.2, 0.25) is 5.75 Å². The van der Waals surface area contributed by atoms with Crippen LogP contribution in [0.25, 0.3) is 22.3 Å². The summed E-state index contributed by atoms with van der Waals surface area (Å²) in [5.41, 5.74) is 3.38. The molecule has 36 heavy (non-hydrogen) atoms. The number of halogens is 1. The van der Waals surface area contributed by atoms with Crippen molar-refractivity contribution < 1.29 is 36.1 Å². The van der Waals surface area contributed by atoms with Gasteiger partial charge in [-0.2, -0.15) is 0 Å². The Labute approximate surface area is 215 Å². The van der Waals surface area contributed by atoms with Gasteiger partial charge in [0.1, 0.15) is 36.0 Å². The first-order chi connectivity index (χ1) is 17.2. The first-order valence-corrected chi connectivity index (χ1v) is 11.3. The zero-order chi connectivity index (χ0) is 24.0. The predicted molar refractivity (Wildman–Crippen MR) is 136 cm³/mol. The number of benzene rings is 4. The van der Waals surface area contributed by atoms with Crippen molar-refractivity contribution >= 4 is 11.0 Å². The summed E-state index contributed by atoms with van der Waals surface area (Å²) >= 11 is 0. The van der Waals surface area contributed by atoms with E-state index in [1.165, 1.54) is 0 Å². The van der Waals surface area contributed by atoms with Crippen molar-refractivity contribution in [1.29, 1.82) is 0 Å². The van der Waals surface area contributed by atoms with Gasteiger partial charge in [0.05, 0.1) is 18.6 Å². The Bertz CT molecular complexity index is 1440. The SMILES string of the molecule is COc1cc2ccc(O)cc2[o+]c1-c1ccc(OCc2ccccc2)cc1OCc1ccccc1.[Cl-]. The number of aromatic hydroxyl groups is 1. The van der Waals surface area contributed by atoms with Gasteiger partial charge < -0.3 is 31.7 Å². The number of ether oxygens (including phenoxy) is 3. The van der Waals surface area contributed by atoms with Crippen LogP contribution in [0.1, 0.15) is 11.1 Å². The maximum atomic E-state index is 9.94. The summed E-state index contributed by atoms with van der Waals surface area (Å²) in [6.45, 7) is 0.827. The van der Waals surface area contributed by atoms with Gasteiger partial charge in [-0.3, -0.25) is 0 Å². The van der Waals surface area contributed by atoms with E-state index in [2.05, 4.69) is 0 Å². The van der Waals surface area contributed by atoms with Gasteiger partial charge in [-0.1, -0.05) is 60.7 Å². The molecule has 0 unspecified atom stereocenters. The molecule has 0 aliphatic rings. The summed E-state index contributed by atoms with van der Waals surface area (Å²) in [4.78, 5) is 0. The summed E-state index contributed by atoms with van der Waals surface area (Å²) < 4.78 is 24.2. The van der Waals surface area contributed by atoms with Crippen LogP contribution in [0.2, 0.25) is 0 Å². The van der Waals surface area contributed by atoms with E-state index in [4.69, 9.17) is 18.6 Å². The predicted octanol–water partition coefficient (Wildman–Crippen LogP) is 4.26. The average molecular weight is 501 g/mol. The lowest BCUT2D eigenvalue weighted by atomic mass is 10.1. The highest BCUT2D eigenvalue weighted by molar-refractivity contribution is 5.84. The molecule has 0 atom stereocenters. The van der Waals surface area contributed by atoms with Crippen LogP contribution in [0.15, 0.2) is 108 Å². The summed E-state index contributed by atoms with van der Waals surface area (Å²) in [5.74, 6) is 2.47. The Morgan fingerprint density at radius 2 is 1.36 bits per heavy atom. The Morgan fingerprint density at radius 1 is 0.694 bits per heavy atom.